The zero-order valence-electron chi connectivity index (χ0n) is 11.3. The average Bonchev–Trinajstić information content (AvgIpc) is 2.86. The van der Waals surface area contributed by atoms with Crippen LogP contribution < -0.4 is 16.0 Å². The molecule has 3 N–H and O–H groups in total. The Morgan fingerprint density at radius 1 is 1.60 bits per heavy atom. The maximum atomic E-state index is 11.2. The summed E-state index contributed by atoms with van der Waals surface area (Å²) in [5.74, 6) is -0.659. The van der Waals surface area contributed by atoms with Gasteiger partial charge in [0.2, 0.25) is 5.91 Å². The third kappa shape index (κ3) is 2.72. The van der Waals surface area contributed by atoms with Gasteiger partial charge in [0, 0.05) is 30.8 Å². The Morgan fingerprint density at radius 2 is 2.35 bits per heavy atom. The molecule has 0 radical (unpaired) electrons. The summed E-state index contributed by atoms with van der Waals surface area (Å²) in [6.45, 7) is 1.55. The predicted octanol–water partition coefficient (Wildman–Crippen LogP) is 0.882. The zero-order valence-corrected chi connectivity index (χ0v) is 11.3. The number of nitrogens with one attached hydrogen (secondary N) is 1. The van der Waals surface area contributed by atoms with Crippen molar-refractivity contribution in [3.8, 4) is 0 Å². The summed E-state index contributed by atoms with van der Waals surface area (Å²) < 4.78 is 0. The van der Waals surface area contributed by atoms with Crippen LogP contribution in [0.5, 0.6) is 0 Å². The van der Waals surface area contributed by atoms with Crippen molar-refractivity contribution in [2.45, 2.75) is 18.9 Å². The molecule has 108 valence electrons. The molecule has 1 saturated heterocycles. The second-order valence-electron chi connectivity index (χ2n) is 4.87. The first kappa shape index (κ1) is 14.3. The Bertz CT molecular complexity index is 532. The van der Waals surface area contributed by atoms with Gasteiger partial charge in [-0.05, 0) is 32.0 Å². The molecule has 1 atom stereocenters. The van der Waals surface area contributed by atoms with Crippen LogP contribution in [0, 0.1) is 10.1 Å². The van der Waals surface area contributed by atoms with Gasteiger partial charge >= 0.3 is 0 Å². The molecule has 0 spiro atoms. The number of rotatable bonds is 5. The first-order chi connectivity index (χ1) is 9.54. The van der Waals surface area contributed by atoms with Gasteiger partial charge in [-0.3, -0.25) is 14.9 Å². The van der Waals surface area contributed by atoms with E-state index in [1.165, 1.54) is 6.07 Å². The van der Waals surface area contributed by atoms with Crippen molar-refractivity contribution in [3.63, 3.8) is 0 Å². The van der Waals surface area contributed by atoms with Crippen LogP contribution >= 0.6 is 0 Å². The van der Waals surface area contributed by atoms with E-state index in [2.05, 4.69) is 5.32 Å². The molecule has 1 unspecified atom stereocenters. The number of amides is 1. The van der Waals surface area contributed by atoms with Crippen molar-refractivity contribution >= 4 is 17.3 Å². The third-order valence-corrected chi connectivity index (χ3v) is 3.58. The van der Waals surface area contributed by atoms with E-state index in [1.54, 1.807) is 12.1 Å². The van der Waals surface area contributed by atoms with E-state index in [9.17, 15) is 14.9 Å². The lowest BCUT2D eigenvalue weighted by atomic mass is 10.1. The van der Waals surface area contributed by atoms with Gasteiger partial charge in [0.25, 0.3) is 5.69 Å². The number of nitrogens with zero attached hydrogens (tertiary/aromatic N) is 2. The Kier molecular flexibility index (Phi) is 4.19. The molecule has 1 amide bonds. The third-order valence-electron chi connectivity index (χ3n) is 3.58. The lowest BCUT2D eigenvalue weighted by Crippen LogP contribution is -2.37. The van der Waals surface area contributed by atoms with Crippen molar-refractivity contribution < 1.29 is 9.72 Å². The van der Waals surface area contributed by atoms with Crippen molar-refractivity contribution in [2.75, 3.05) is 25.0 Å². The summed E-state index contributed by atoms with van der Waals surface area (Å²) in [7, 11) is 1.86. The lowest BCUT2D eigenvalue weighted by molar-refractivity contribution is -0.384. The second kappa shape index (κ2) is 5.87. The van der Waals surface area contributed by atoms with Crippen LogP contribution in [0.3, 0.4) is 0 Å². The molecule has 1 aliphatic rings. The number of primary amides is 1. The molecule has 2 rings (SSSR count). The van der Waals surface area contributed by atoms with Crippen LogP contribution in [0.15, 0.2) is 18.2 Å². The Labute approximate surface area is 116 Å². The molecular weight excluding hydrogens is 260 g/mol. The molecule has 7 nitrogen and oxygen atoms in total. The second-order valence-corrected chi connectivity index (χ2v) is 4.87. The van der Waals surface area contributed by atoms with Gasteiger partial charge in [-0.25, -0.2) is 0 Å². The Balaban J connectivity index is 2.40. The minimum Gasteiger partial charge on any atom is -0.366 e. The first-order valence-corrected chi connectivity index (χ1v) is 6.54. The quantitative estimate of drug-likeness (QED) is 0.615. The highest BCUT2D eigenvalue weighted by Crippen LogP contribution is 2.34. The molecule has 0 saturated carbocycles. The Hall–Kier alpha value is -2.15. The largest absolute Gasteiger partial charge is 0.366 e. The van der Waals surface area contributed by atoms with Crippen LogP contribution in [-0.2, 0) is 0 Å². The van der Waals surface area contributed by atoms with Crippen LogP contribution in [0.4, 0.5) is 11.4 Å². The standard InChI is InChI=1S/C13H18N4O3/c1-15-8-10-3-2-6-16(10)11-5-4-9(13(14)18)7-12(11)17(19)20/h4-5,7,10,15H,2-3,6,8H2,1H3,(H2,14,18). The molecule has 0 aliphatic carbocycles. The van der Waals surface area contributed by atoms with E-state index in [0.29, 0.717) is 5.69 Å². The number of likely N-dealkylation sites (N-methyl/N-ethyl adjacent to an activating group) is 1. The SMILES string of the molecule is CNCC1CCCN1c1ccc(C(N)=O)cc1[N+](=O)[O-]. The van der Waals surface area contributed by atoms with Gasteiger partial charge in [0.05, 0.1) is 4.92 Å². The number of benzene rings is 1. The molecule has 1 aromatic rings. The number of anilines is 1. The maximum absolute atomic E-state index is 11.2. The summed E-state index contributed by atoms with van der Waals surface area (Å²) in [6, 6.07) is 4.65. The Morgan fingerprint density at radius 3 is 2.95 bits per heavy atom. The highest BCUT2D eigenvalue weighted by molar-refractivity contribution is 5.94. The monoisotopic (exact) mass is 278 g/mol. The van der Waals surface area contributed by atoms with Gasteiger partial charge in [0.1, 0.15) is 5.69 Å². The highest BCUT2D eigenvalue weighted by atomic mass is 16.6. The highest BCUT2D eigenvalue weighted by Gasteiger charge is 2.29. The summed E-state index contributed by atoms with van der Waals surface area (Å²) in [6.07, 6.45) is 2.00. The van der Waals surface area contributed by atoms with Gasteiger partial charge in [-0.2, -0.15) is 0 Å². The number of hydrogen-bond acceptors (Lipinski definition) is 5. The predicted molar refractivity (Wildman–Crippen MR) is 75.9 cm³/mol. The number of carbonyl (C=O) groups is 1. The van der Waals surface area contributed by atoms with Gasteiger partial charge in [0.15, 0.2) is 0 Å². The number of nitro benzene ring substituents is 1. The fourth-order valence-electron chi connectivity index (χ4n) is 2.67. The zero-order chi connectivity index (χ0) is 14.7. The molecule has 1 aromatic carbocycles. The molecule has 1 fully saturated rings. The number of carbonyl (C=O) groups excluding carboxylic acids is 1. The van der Waals surface area contributed by atoms with E-state index in [0.717, 1.165) is 25.9 Å². The number of nitro groups is 1. The molecule has 1 heterocycles. The fourth-order valence-corrected chi connectivity index (χ4v) is 2.67. The topological polar surface area (TPSA) is 102 Å². The van der Waals surface area contributed by atoms with Gasteiger partial charge < -0.3 is 16.0 Å². The average molecular weight is 278 g/mol. The van der Waals surface area contributed by atoms with Gasteiger partial charge in [-0.15, -0.1) is 0 Å². The van der Waals surface area contributed by atoms with E-state index in [1.807, 2.05) is 11.9 Å². The molecule has 20 heavy (non-hydrogen) atoms. The van der Waals surface area contributed by atoms with Crippen LogP contribution in [0.1, 0.15) is 23.2 Å². The molecule has 0 aromatic heterocycles. The van der Waals surface area contributed by atoms with E-state index >= 15 is 0 Å². The normalized spacial score (nSPS) is 18.2. The van der Waals surface area contributed by atoms with Crippen molar-refractivity contribution in [3.05, 3.63) is 33.9 Å². The molecule has 0 bridgehead atoms. The fraction of sp³-hybridized carbons (Fsp3) is 0.462. The number of nitrogens with two attached hydrogens (primary N) is 1. The van der Waals surface area contributed by atoms with Crippen molar-refractivity contribution in [1.82, 2.24) is 5.32 Å². The van der Waals surface area contributed by atoms with Crippen molar-refractivity contribution in [1.29, 1.82) is 0 Å². The number of hydrogen-bond donors (Lipinski definition) is 2. The summed E-state index contributed by atoms with van der Waals surface area (Å²) in [5.41, 5.74) is 5.82. The molecular formula is C13H18N4O3. The summed E-state index contributed by atoms with van der Waals surface area (Å²) in [5, 5.41) is 14.3. The van der Waals surface area contributed by atoms with Crippen LogP contribution in [0.25, 0.3) is 0 Å². The minimum atomic E-state index is -0.659. The summed E-state index contributed by atoms with van der Waals surface area (Å²) in [4.78, 5) is 23.9. The van der Waals surface area contributed by atoms with Crippen LogP contribution in [-0.4, -0.2) is 37.0 Å². The van der Waals surface area contributed by atoms with Crippen LogP contribution in [0.2, 0.25) is 0 Å². The van der Waals surface area contributed by atoms with Gasteiger partial charge in [-0.1, -0.05) is 0 Å². The molecule has 1 aliphatic heterocycles. The lowest BCUT2D eigenvalue weighted by Gasteiger charge is -2.26. The molecule has 7 heteroatoms. The van der Waals surface area contributed by atoms with E-state index < -0.39 is 10.8 Å². The minimum absolute atomic E-state index is 0.0655. The summed E-state index contributed by atoms with van der Waals surface area (Å²) >= 11 is 0. The van der Waals surface area contributed by atoms with E-state index in [4.69, 9.17) is 5.73 Å². The maximum Gasteiger partial charge on any atom is 0.293 e. The van der Waals surface area contributed by atoms with Crippen molar-refractivity contribution in [2.24, 2.45) is 5.73 Å². The van der Waals surface area contributed by atoms with E-state index in [-0.39, 0.29) is 17.3 Å². The first-order valence-electron chi connectivity index (χ1n) is 6.54. The smallest absolute Gasteiger partial charge is 0.293 e.